The molecular weight excluding hydrogens is 302 g/mol. The van der Waals surface area contributed by atoms with Gasteiger partial charge < -0.3 is 0 Å². The molecule has 0 radical (unpaired) electrons. The van der Waals surface area contributed by atoms with Crippen LogP contribution in [0.5, 0.6) is 0 Å². The minimum Gasteiger partial charge on any atom is -0.293 e. The summed E-state index contributed by atoms with van der Waals surface area (Å²) in [5.74, 6) is 6.00. The van der Waals surface area contributed by atoms with Crippen LogP contribution in [0.2, 0.25) is 0 Å². The molecule has 0 bridgehead atoms. The van der Waals surface area contributed by atoms with E-state index in [1.165, 1.54) is 16.3 Å². The first-order chi connectivity index (χ1) is 10.9. The third-order valence-corrected chi connectivity index (χ3v) is 4.34. The first-order valence-electron chi connectivity index (χ1n) is 7.99. The monoisotopic (exact) mass is 325 g/mol. The lowest BCUT2D eigenvalue weighted by molar-refractivity contribution is 0.196. The third kappa shape index (κ3) is 4.61. The van der Waals surface area contributed by atoms with Gasteiger partial charge in [0.1, 0.15) is 0 Å². The third-order valence-electron chi connectivity index (χ3n) is 4.14. The highest BCUT2D eigenvalue weighted by atomic mass is 35.5. The summed E-state index contributed by atoms with van der Waals surface area (Å²) in [6, 6.07) is 15.0. The van der Waals surface area contributed by atoms with Gasteiger partial charge in [-0.2, -0.15) is 0 Å². The van der Waals surface area contributed by atoms with E-state index in [0.29, 0.717) is 5.03 Å². The molecule has 2 rings (SSSR count). The number of halogens is 1. The van der Waals surface area contributed by atoms with Crippen molar-refractivity contribution in [2.24, 2.45) is 0 Å². The summed E-state index contributed by atoms with van der Waals surface area (Å²) >= 11 is 6.25. The van der Waals surface area contributed by atoms with Crippen molar-refractivity contribution < 1.29 is 0 Å². The van der Waals surface area contributed by atoms with Gasteiger partial charge in [0.05, 0.1) is 5.03 Å². The summed E-state index contributed by atoms with van der Waals surface area (Å²) < 4.78 is 0. The topological polar surface area (TPSA) is 3.24 Å². The Labute approximate surface area is 145 Å². The molecule has 2 aromatic carbocycles. The Morgan fingerprint density at radius 2 is 1.87 bits per heavy atom. The van der Waals surface area contributed by atoms with Crippen LogP contribution in [-0.2, 0) is 6.54 Å². The Hall–Kier alpha value is -1.75. The van der Waals surface area contributed by atoms with Crippen LogP contribution in [0.3, 0.4) is 0 Å². The highest BCUT2D eigenvalue weighted by Gasteiger charge is 2.22. The van der Waals surface area contributed by atoms with E-state index in [-0.39, 0.29) is 5.54 Å². The van der Waals surface area contributed by atoms with Gasteiger partial charge in [0.2, 0.25) is 0 Å². The minimum atomic E-state index is -0.170. The molecule has 0 saturated carbocycles. The Balaban J connectivity index is 2.24. The second-order valence-corrected chi connectivity index (χ2v) is 6.70. The summed E-state index contributed by atoms with van der Waals surface area (Å²) in [5.41, 5.74) is 1.15. The maximum Gasteiger partial charge on any atom is 0.0882 e. The quantitative estimate of drug-likeness (QED) is 0.663. The van der Waals surface area contributed by atoms with E-state index in [2.05, 4.69) is 80.1 Å². The van der Waals surface area contributed by atoms with Gasteiger partial charge >= 0.3 is 0 Å². The Bertz CT molecular complexity index is 757. The number of hydrogen-bond donors (Lipinski definition) is 0. The lowest BCUT2D eigenvalue weighted by Crippen LogP contribution is -2.38. The molecule has 0 aliphatic rings. The van der Waals surface area contributed by atoms with Crippen LogP contribution in [-0.4, -0.2) is 17.5 Å². The fourth-order valence-electron chi connectivity index (χ4n) is 2.52. The van der Waals surface area contributed by atoms with Gasteiger partial charge in [-0.3, -0.25) is 4.90 Å². The van der Waals surface area contributed by atoms with E-state index in [1.54, 1.807) is 0 Å². The van der Waals surface area contributed by atoms with Gasteiger partial charge in [-0.25, -0.2) is 0 Å². The van der Waals surface area contributed by atoms with E-state index in [1.807, 2.05) is 13.0 Å². The molecule has 0 N–H and O–H groups in total. The molecular formula is C21H24ClN. The first kappa shape index (κ1) is 17.6. The first-order valence-corrected chi connectivity index (χ1v) is 8.37. The van der Waals surface area contributed by atoms with Crippen molar-refractivity contribution in [1.82, 2.24) is 4.90 Å². The van der Waals surface area contributed by atoms with Crippen molar-refractivity contribution in [3.05, 3.63) is 59.1 Å². The fourth-order valence-corrected chi connectivity index (χ4v) is 2.85. The molecule has 120 valence electrons. The van der Waals surface area contributed by atoms with Gasteiger partial charge in [0.15, 0.2) is 0 Å². The predicted octanol–water partition coefficient (Wildman–Crippen LogP) is 5.59. The molecule has 0 aliphatic carbocycles. The maximum atomic E-state index is 6.25. The largest absolute Gasteiger partial charge is 0.293 e. The summed E-state index contributed by atoms with van der Waals surface area (Å²) in [6.07, 6.45) is 2.85. The highest BCUT2D eigenvalue weighted by Crippen LogP contribution is 2.24. The average molecular weight is 326 g/mol. The molecule has 0 heterocycles. The van der Waals surface area contributed by atoms with Crippen molar-refractivity contribution in [3.63, 3.8) is 0 Å². The zero-order valence-electron chi connectivity index (χ0n) is 14.4. The van der Waals surface area contributed by atoms with Crippen LogP contribution in [0.15, 0.2) is 53.6 Å². The lowest BCUT2D eigenvalue weighted by atomic mass is 9.99. The van der Waals surface area contributed by atoms with Crippen molar-refractivity contribution in [2.45, 2.75) is 39.3 Å². The summed E-state index contributed by atoms with van der Waals surface area (Å²) in [6.45, 7) is 7.20. The second kappa shape index (κ2) is 7.68. The number of allylic oxidation sites excluding steroid dienone is 1. The molecule has 2 aromatic rings. The second-order valence-electron chi connectivity index (χ2n) is 6.30. The highest BCUT2D eigenvalue weighted by molar-refractivity contribution is 6.32. The van der Waals surface area contributed by atoms with Crippen molar-refractivity contribution >= 4 is 22.4 Å². The molecule has 0 spiro atoms. The van der Waals surface area contributed by atoms with Gasteiger partial charge in [-0.05, 0) is 43.3 Å². The van der Waals surface area contributed by atoms with E-state index < -0.39 is 0 Å². The summed E-state index contributed by atoms with van der Waals surface area (Å²) in [7, 11) is 2.12. The van der Waals surface area contributed by atoms with E-state index in [4.69, 9.17) is 11.6 Å². The van der Waals surface area contributed by atoms with Crippen LogP contribution in [0.1, 0.15) is 32.8 Å². The van der Waals surface area contributed by atoms with Crippen molar-refractivity contribution in [2.75, 3.05) is 7.05 Å². The van der Waals surface area contributed by atoms with E-state index in [9.17, 15) is 0 Å². The van der Waals surface area contributed by atoms with Gasteiger partial charge in [0, 0.05) is 18.5 Å². The number of nitrogens with zero attached hydrogens (tertiary/aromatic N) is 1. The molecule has 0 fully saturated rings. The van der Waals surface area contributed by atoms with Gasteiger partial charge in [0.25, 0.3) is 0 Å². The van der Waals surface area contributed by atoms with Crippen LogP contribution in [0.25, 0.3) is 10.8 Å². The molecule has 0 saturated heterocycles. The van der Waals surface area contributed by atoms with Gasteiger partial charge in [-0.1, -0.05) is 72.8 Å². The molecule has 1 nitrogen and oxygen atoms in total. The standard InChI is InChI=1S/C21H24ClN/c1-5-6-13-19(22)15-21(2,3)23(4)16-18-12-9-11-17-10-7-8-14-20(17)18/h7-12,14-15H,5,16H2,1-4H3. The Morgan fingerprint density at radius 3 is 2.61 bits per heavy atom. The molecule has 2 heteroatoms. The molecule has 0 atom stereocenters. The average Bonchev–Trinajstić information content (AvgIpc) is 2.53. The van der Waals surface area contributed by atoms with Crippen LogP contribution < -0.4 is 0 Å². The number of benzene rings is 2. The van der Waals surface area contributed by atoms with Crippen LogP contribution in [0, 0.1) is 11.8 Å². The summed E-state index contributed by atoms with van der Waals surface area (Å²) in [5, 5.41) is 3.19. The maximum absolute atomic E-state index is 6.25. The minimum absolute atomic E-state index is 0.170. The normalized spacial score (nSPS) is 12.3. The molecule has 0 unspecified atom stereocenters. The molecule has 0 aliphatic heterocycles. The summed E-state index contributed by atoms with van der Waals surface area (Å²) in [4.78, 5) is 2.30. The van der Waals surface area contributed by atoms with Crippen molar-refractivity contribution in [1.29, 1.82) is 0 Å². The van der Waals surface area contributed by atoms with Crippen LogP contribution in [0.4, 0.5) is 0 Å². The SMILES string of the molecule is CCC#CC(Cl)=CC(C)(C)N(C)Cc1cccc2ccccc12. The van der Waals surface area contributed by atoms with Crippen molar-refractivity contribution in [3.8, 4) is 11.8 Å². The molecule has 23 heavy (non-hydrogen) atoms. The smallest absolute Gasteiger partial charge is 0.0882 e. The number of fused-ring (bicyclic) bond motifs is 1. The van der Waals surface area contributed by atoms with E-state index in [0.717, 1.165) is 13.0 Å². The Kier molecular flexibility index (Phi) is 5.88. The van der Waals surface area contributed by atoms with Crippen LogP contribution >= 0.6 is 11.6 Å². The number of hydrogen-bond acceptors (Lipinski definition) is 1. The number of rotatable bonds is 4. The molecule has 0 amide bonds. The Morgan fingerprint density at radius 1 is 1.17 bits per heavy atom. The zero-order valence-corrected chi connectivity index (χ0v) is 15.1. The molecule has 0 aromatic heterocycles. The lowest BCUT2D eigenvalue weighted by Gasteiger charge is -2.33. The zero-order chi connectivity index (χ0) is 16.9. The number of likely N-dealkylation sites (N-methyl/N-ethyl adjacent to an activating group) is 1. The fraction of sp³-hybridized carbons (Fsp3) is 0.333. The van der Waals surface area contributed by atoms with Gasteiger partial charge in [-0.15, -0.1) is 0 Å². The predicted molar refractivity (Wildman–Crippen MR) is 101 cm³/mol. The van der Waals surface area contributed by atoms with E-state index >= 15 is 0 Å².